The van der Waals surface area contributed by atoms with Crippen LogP contribution >= 0.6 is 11.3 Å². The summed E-state index contributed by atoms with van der Waals surface area (Å²) >= 11 is 1.03. The van der Waals surface area contributed by atoms with Crippen LogP contribution in [0.15, 0.2) is 29.1 Å². The molecule has 1 aromatic carbocycles. The maximum atomic E-state index is 10.9. The first-order valence-electron chi connectivity index (χ1n) is 3.85. The van der Waals surface area contributed by atoms with Crippen molar-refractivity contribution in [3.63, 3.8) is 0 Å². The molecule has 0 atom stereocenters. The molecule has 0 aliphatic heterocycles. The summed E-state index contributed by atoms with van der Waals surface area (Å²) in [6.07, 6.45) is 0. The van der Waals surface area contributed by atoms with Gasteiger partial charge in [-0.1, -0.05) is 23.5 Å². The predicted octanol–water partition coefficient (Wildman–Crippen LogP) is 1.37. The maximum Gasteiger partial charge on any atom is 0.322 e. The first kappa shape index (κ1) is 8.66. The fourth-order valence-electron chi connectivity index (χ4n) is 1.08. The van der Waals surface area contributed by atoms with Gasteiger partial charge in [0.25, 0.3) is 0 Å². The molecule has 0 bridgehead atoms. The molecule has 1 N–H and O–H groups in total. The van der Waals surface area contributed by atoms with Gasteiger partial charge in [0.05, 0.1) is 11.6 Å². The first-order chi connectivity index (χ1) is 6.79. The SMILES string of the molecule is N#Cc1cccc(-c2n[nH]c(=O)s2)c1. The van der Waals surface area contributed by atoms with Gasteiger partial charge >= 0.3 is 4.87 Å². The van der Waals surface area contributed by atoms with Gasteiger partial charge in [-0.2, -0.15) is 10.4 Å². The number of hydrogen-bond donors (Lipinski definition) is 1. The molecule has 0 unspecified atom stereocenters. The van der Waals surface area contributed by atoms with E-state index in [2.05, 4.69) is 10.2 Å². The second-order valence-electron chi connectivity index (χ2n) is 2.61. The predicted molar refractivity (Wildman–Crippen MR) is 52.9 cm³/mol. The van der Waals surface area contributed by atoms with Crippen molar-refractivity contribution >= 4 is 11.3 Å². The minimum atomic E-state index is -0.192. The Labute approximate surface area is 83.5 Å². The lowest BCUT2D eigenvalue weighted by Crippen LogP contribution is -1.90. The Bertz CT molecular complexity index is 549. The van der Waals surface area contributed by atoms with Crippen LogP contribution in [-0.2, 0) is 0 Å². The molecule has 2 rings (SSSR count). The molecule has 0 radical (unpaired) electrons. The Kier molecular flexibility index (Phi) is 2.13. The van der Waals surface area contributed by atoms with Gasteiger partial charge < -0.3 is 0 Å². The quantitative estimate of drug-likeness (QED) is 0.761. The second kappa shape index (κ2) is 3.44. The molecular formula is C9H5N3OS. The monoisotopic (exact) mass is 203 g/mol. The Morgan fingerprint density at radius 2 is 2.36 bits per heavy atom. The largest absolute Gasteiger partial charge is 0.322 e. The average Bonchev–Trinajstić information content (AvgIpc) is 2.65. The number of nitrogens with one attached hydrogen (secondary N) is 1. The Morgan fingerprint density at radius 1 is 1.50 bits per heavy atom. The van der Waals surface area contributed by atoms with Gasteiger partial charge in [0.2, 0.25) is 0 Å². The second-order valence-corrected chi connectivity index (χ2v) is 3.57. The third kappa shape index (κ3) is 1.56. The average molecular weight is 203 g/mol. The molecule has 5 heteroatoms. The molecule has 0 aliphatic carbocycles. The van der Waals surface area contributed by atoms with Crippen LogP contribution in [0.4, 0.5) is 0 Å². The summed E-state index contributed by atoms with van der Waals surface area (Å²) in [6, 6.07) is 9.02. The first-order valence-corrected chi connectivity index (χ1v) is 4.67. The van der Waals surface area contributed by atoms with Crippen LogP contribution in [-0.4, -0.2) is 10.2 Å². The van der Waals surface area contributed by atoms with Crippen molar-refractivity contribution in [3.8, 4) is 16.6 Å². The number of hydrogen-bond acceptors (Lipinski definition) is 4. The molecule has 2 aromatic rings. The van der Waals surface area contributed by atoms with Gasteiger partial charge in [-0.05, 0) is 12.1 Å². The van der Waals surface area contributed by atoms with Crippen molar-refractivity contribution in [3.05, 3.63) is 39.5 Å². The lowest BCUT2D eigenvalue weighted by molar-refractivity contribution is 1.06. The van der Waals surface area contributed by atoms with Crippen molar-refractivity contribution in [2.45, 2.75) is 0 Å². The summed E-state index contributed by atoms with van der Waals surface area (Å²) in [4.78, 5) is 10.7. The molecule has 68 valence electrons. The lowest BCUT2D eigenvalue weighted by atomic mass is 10.1. The zero-order valence-electron chi connectivity index (χ0n) is 7.02. The molecule has 0 amide bonds. The summed E-state index contributed by atoms with van der Waals surface area (Å²) in [5, 5.41) is 15.4. The van der Waals surface area contributed by atoms with E-state index >= 15 is 0 Å². The summed E-state index contributed by atoms with van der Waals surface area (Å²) in [7, 11) is 0. The molecule has 1 aromatic heterocycles. The summed E-state index contributed by atoms with van der Waals surface area (Å²) < 4.78 is 0. The minimum absolute atomic E-state index is 0.192. The van der Waals surface area contributed by atoms with Crippen molar-refractivity contribution in [2.24, 2.45) is 0 Å². The molecule has 0 saturated carbocycles. The Balaban J connectivity index is 2.53. The van der Waals surface area contributed by atoms with Gasteiger partial charge in [-0.25, -0.2) is 5.10 Å². The topological polar surface area (TPSA) is 69.5 Å². The van der Waals surface area contributed by atoms with Crippen molar-refractivity contribution in [2.75, 3.05) is 0 Å². The highest BCUT2D eigenvalue weighted by molar-refractivity contribution is 7.12. The summed E-state index contributed by atoms with van der Waals surface area (Å²) in [5.41, 5.74) is 1.34. The van der Waals surface area contributed by atoms with Crippen LogP contribution in [0.3, 0.4) is 0 Å². The van der Waals surface area contributed by atoms with Crippen molar-refractivity contribution < 1.29 is 0 Å². The van der Waals surface area contributed by atoms with E-state index in [0.717, 1.165) is 16.9 Å². The van der Waals surface area contributed by atoms with Crippen molar-refractivity contribution in [1.82, 2.24) is 10.2 Å². The molecule has 0 saturated heterocycles. The van der Waals surface area contributed by atoms with Gasteiger partial charge in [0.15, 0.2) is 0 Å². The number of aromatic nitrogens is 2. The summed E-state index contributed by atoms with van der Waals surface area (Å²) in [5.74, 6) is 0. The number of nitriles is 1. The van der Waals surface area contributed by atoms with Crippen LogP contribution < -0.4 is 4.87 Å². The number of aromatic amines is 1. The molecule has 0 fully saturated rings. The smallest absolute Gasteiger partial charge is 0.255 e. The van der Waals surface area contributed by atoms with E-state index in [1.54, 1.807) is 18.2 Å². The van der Waals surface area contributed by atoms with Crippen LogP contribution in [0.2, 0.25) is 0 Å². The van der Waals surface area contributed by atoms with Gasteiger partial charge in [0, 0.05) is 5.56 Å². The molecule has 1 heterocycles. The molecule has 0 aliphatic rings. The van der Waals surface area contributed by atoms with Crippen LogP contribution in [0.1, 0.15) is 5.56 Å². The fraction of sp³-hybridized carbons (Fsp3) is 0. The zero-order valence-corrected chi connectivity index (χ0v) is 7.84. The minimum Gasteiger partial charge on any atom is -0.255 e. The maximum absolute atomic E-state index is 10.9. The summed E-state index contributed by atoms with van der Waals surface area (Å²) in [6.45, 7) is 0. The van der Waals surface area contributed by atoms with Gasteiger partial charge in [-0.3, -0.25) is 4.79 Å². The highest BCUT2D eigenvalue weighted by Crippen LogP contribution is 2.19. The van der Waals surface area contributed by atoms with E-state index in [9.17, 15) is 4.79 Å². The van der Waals surface area contributed by atoms with Gasteiger partial charge in [-0.15, -0.1) is 0 Å². The number of H-pyrrole nitrogens is 1. The normalized spacial score (nSPS) is 9.64. The third-order valence-electron chi connectivity index (χ3n) is 1.68. The highest BCUT2D eigenvalue weighted by atomic mass is 32.1. The Hall–Kier alpha value is -1.93. The van der Waals surface area contributed by atoms with Gasteiger partial charge in [0.1, 0.15) is 5.01 Å². The van der Waals surface area contributed by atoms with Crippen LogP contribution in [0, 0.1) is 11.3 Å². The molecule has 14 heavy (non-hydrogen) atoms. The molecular weight excluding hydrogens is 198 g/mol. The van der Waals surface area contributed by atoms with E-state index in [4.69, 9.17) is 5.26 Å². The van der Waals surface area contributed by atoms with E-state index in [1.807, 2.05) is 12.1 Å². The standard InChI is InChI=1S/C9H5N3OS/c10-5-6-2-1-3-7(4-6)8-11-12-9(13)14-8/h1-4H,(H,12,13). The fourth-order valence-corrected chi connectivity index (χ4v) is 1.68. The number of benzene rings is 1. The third-order valence-corrected chi connectivity index (χ3v) is 2.47. The van der Waals surface area contributed by atoms with Crippen molar-refractivity contribution in [1.29, 1.82) is 5.26 Å². The Morgan fingerprint density at radius 3 is 3.00 bits per heavy atom. The van der Waals surface area contributed by atoms with E-state index < -0.39 is 0 Å². The number of nitrogens with zero attached hydrogens (tertiary/aromatic N) is 2. The van der Waals surface area contributed by atoms with E-state index in [0.29, 0.717) is 10.6 Å². The van der Waals surface area contributed by atoms with E-state index in [-0.39, 0.29) is 4.87 Å². The zero-order chi connectivity index (χ0) is 9.97. The highest BCUT2D eigenvalue weighted by Gasteiger charge is 2.03. The molecule has 0 spiro atoms. The molecule has 4 nitrogen and oxygen atoms in total. The van der Waals surface area contributed by atoms with Crippen LogP contribution in [0.25, 0.3) is 10.6 Å². The van der Waals surface area contributed by atoms with Crippen LogP contribution in [0.5, 0.6) is 0 Å². The van der Waals surface area contributed by atoms with E-state index in [1.165, 1.54) is 0 Å². The number of rotatable bonds is 1. The lowest BCUT2D eigenvalue weighted by Gasteiger charge is -1.93.